The highest BCUT2D eigenvalue weighted by Gasteiger charge is 2.28. The number of methoxy groups -OCH3 is 1. The maximum absolute atomic E-state index is 12.3. The Balaban J connectivity index is 2.64. The summed E-state index contributed by atoms with van der Waals surface area (Å²) >= 11 is 0. The lowest BCUT2D eigenvalue weighted by Gasteiger charge is -2.26. The first-order chi connectivity index (χ1) is 11.6. The molecular weight excluding hydrogens is 308 g/mol. The van der Waals surface area contributed by atoms with E-state index in [4.69, 9.17) is 15.2 Å². The first-order valence-corrected chi connectivity index (χ1v) is 7.58. The number of amides is 1. The number of aliphatic imine (C=N–C) groups is 1. The number of benzene rings is 1. The first-order valence-electron chi connectivity index (χ1n) is 7.58. The lowest BCUT2D eigenvalue weighted by molar-refractivity contribution is -0.116. The van der Waals surface area contributed by atoms with Crippen LogP contribution in [0.4, 0.5) is 5.69 Å². The van der Waals surface area contributed by atoms with Crippen molar-refractivity contribution in [3.05, 3.63) is 41.3 Å². The number of rotatable bonds is 5. The smallest absolute Gasteiger partial charge is 0.252 e. The summed E-state index contributed by atoms with van der Waals surface area (Å²) in [6.45, 7) is 1.94. The van der Waals surface area contributed by atoms with Gasteiger partial charge in [0.1, 0.15) is 11.4 Å². The highest BCUT2D eigenvalue weighted by Crippen LogP contribution is 2.41. The number of para-hydroxylation sites is 1. The molecule has 7 heteroatoms. The van der Waals surface area contributed by atoms with Crippen molar-refractivity contribution in [1.29, 1.82) is 0 Å². The summed E-state index contributed by atoms with van der Waals surface area (Å²) in [5, 5.41) is 5.85. The number of anilines is 1. The van der Waals surface area contributed by atoms with Crippen molar-refractivity contribution in [2.75, 3.05) is 26.5 Å². The Kier molecular flexibility index (Phi) is 5.47. The molecule has 0 saturated carbocycles. The second-order valence-corrected chi connectivity index (χ2v) is 4.98. The number of carbonyl (C=O) groups is 1. The van der Waals surface area contributed by atoms with Gasteiger partial charge >= 0.3 is 0 Å². The fourth-order valence-electron chi connectivity index (χ4n) is 2.35. The second kappa shape index (κ2) is 7.54. The first kappa shape index (κ1) is 17.4. The van der Waals surface area contributed by atoms with Crippen LogP contribution in [0.15, 0.2) is 46.3 Å². The maximum atomic E-state index is 12.3. The van der Waals surface area contributed by atoms with Crippen LogP contribution in [0.2, 0.25) is 0 Å². The van der Waals surface area contributed by atoms with Gasteiger partial charge in [0.05, 0.1) is 18.4 Å². The minimum absolute atomic E-state index is 0.192. The number of likely N-dealkylation sites (N-methyl/N-ethyl adjacent to an activating group) is 1. The van der Waals surface area contributed by atoms with Crippen molar-refractivity contribution in [2.24, 2.45) is 10.7 Å². The van der Waals surface area contributed by atoms with Gasteiger partial charge in [-0.1, -0.05) is 19.1 Å². The van der Waals surface area contributed by atoms with E-state index in [1.807, 2.05) is 13.0 Å². The molecule has 1 heterocycles. The number of fused-ring (bicyclic) bond motifs is 1. The van der Waals surface area contributed by atoms with Crippen LogP contribution < -0.4 is 25.8 Å². The van der Waals surface area contributed by atoms with Crippen molar-refractivity contribution in [3.63, 3.8) is 0 Å². The zero-order chi connectivity index (χ0) is 17.7. The number of hydrogen-bond donors (Lipinski definition) is 3. The van der Waals surface area contributed by atoms with E-state index in [1.54, 1.807) is 39.4 Å². The minimum Gasteiger partial charge on any atom is -0.494 e. The molecule has 0 atom stereocenters. The molecule has 24 heavy (non-hydrogen) atoms. The lowest BCUT2D eigenvalue weighted by Crippen LogP contribution is -2.31. The highest BCUT2D eigenvalue weighted by atomic mass is 16.5. The van der Waals surface area contributed by atoms with Crippen LogP contribution in [0.1, 0.15) is 13.3 Å². The molecule has 0 aliphatic carbocycles. The standard InChI is InChI=1S/C17H22N4O3/c1-5-7-10(17(22)20-3)13-15(16(18)19-2)24-12-9-6-8-11(23-4)14(12)21-13/h6-9,21H,5H2,1-4H3,(H2,18,19)(H,20,22)/b10-7-. The summed E-state index contributed by atoms with van der Waals surface area (Å²) in [7, 11) is 4.70. The zero-order valence-electron chi connectivity index (χ0n) is 14.3. The van der Waals surface area contributed by atoms with Gasteiger partial charge in [-0.05, 0) is 18.6 Å². The van der Waals surface area contributed by atoms with E-state index in [9.17, 15) is 4.79 Å². The average molecular weight is 330 g/mol. The molecule has 0 spiro atoms. The Morgan fingerprint density at radius 2 is 2.25 bits per heavy atom. The van der Waals surface area contributed by atoms with Crippen LogP contribution in [0, 0.1) is 0 Å². The number of ether oxygens (including phenoxy) is 2. The average Bonchev–Trinajstić information content (AvgIpc) is 2.63. The number of carbonyl (C=O) groups excluding carboxylic acids is 1. The van der Waals surface area contributed by atoms with Crippen molar-refractivity contribution < 1.29 is 14.3 Å². The van der Waals surface area contributed by atoms with Crippen molar-refractivity contribution in [2.45, 2.75) is 13.3 Å². The molecule has 1 amide bonds. The van der Waals surface area contributed by atoms with Crippen LogP contribution in [-0.2, 0) is 4.79 Å². The maximum Gasteiger partial charge on any atom is 0.252 e. The Hall–Kier alpha value is -2.96. The molecule has 0 bridgehead atoms. The van der Waals surface area contributed by atoms with E-state index < -0.39 is 0 Å². The Labute approximate surface area is 141 Å². The van der Waals surface area contributed by atoms with Gasteiger partial charge in [0.25, 0.3) is 5.91 Å². The molecule has 0 unspecified atom stereocenters. The third-order valence-corrected chi connectivity index (χ3v) is 3.52. The van der Waals surface area contributed by atoms with E-state index >= 15 is 0 Å². The van der Waals surface area contributed by atoms with Gasteiger partial charge in [0.15, 0.2) is 17.3 Å². The van der Waals surface area contributed by atoms with Crippen molar-refractivity contribution in [3.8, 4) is 11.5 Å². The number of nitrogens with two attached hydrogens (primary N) is 1. The summed E-state index contributed by atoms with van der Waals surface area (Å²) in [5.74, 6) is 1.40. The number of amidine groups is 1. The monoisotopic (exact) mass is 330 g/mol. The molecule has 1 aliphatic heterocycles. The van der Waals surface area contributed by atoms with Crippen LogP contribution in [0.5, 0.6) is 11.5 Å². The fraction of sp³-hybridized carbons (Fsp3) is 0.294. The Morgan fingerprint density at radius 3 is 2.83 bits per heavy atom. The SMILES string of the molecule is CC/C=C(\C(=O)NC)C1=C(C(N)=NC)Oc2cccc(OC)c2N1. The van der Waals surface area contributed by atoms with Crippen LogP contribution in [-0.4, -0.2) is 32.9 Å². The fourth-order valence-corrected chi connectivity index (χ4v) is 2.35. The Bertz CT molecular complexity index is 735. The normalized spacial score (nSPS) is 14.5. The van der Waals surface area contributed by atoms with E-state index in [2.05, 4.69) is 15.6 Å². The van der Waals surface area contributed by atoms with Crippen molar-refractivity contribution >= 4 is 17.4 Å². The van der Waals surface area contributed by atoms with Gasteiger partial charge in [-0.2, -0.15) is 0 Å². The van der Waals surface area contributed by atoms with Gasteiger partial charge in [0, 0.05) is 14.1 Å². The molecule has 0 saturated heterocycles. The van der Waals surface area contributed by atoms with Crippen LogP contribution in [0.3, 0.4) is 0 Å². The van der Waals surface area contributed by atoms with Gasteiger partial charge in [-0.25, -0.2) is 0 Å². The predicted molar refractivity (Wildman–Crippen MR) is 94.3 cm³/mol. The molecular formula is C17H22N4O3. The largest absolute Gasteiger partial charge is 0.494 e. The molecule has 1 aromatic carbocycles. The number of allylic oxidation sites excluding steroid dienone is 1. The molecule has 0 radical (unpaired) electrons. The predicted octanol–water partition coefficient (Wildman–Crippen LogP) is 1.78. The second-order valence-electron chi connectivity index (χ2n) is 4.98. The molecule has 0 aromatic heterocycles. The molecule has 2 rings (SSSR count). The molecule has 4 N–H and O–H groups in total. The van der Waals surface area contributed by atoms with Gasteiger partial charge in [-0.3, -0.25) is 9.79 Å². The van der Waals surface area contributed by atoms with Gasteiger partial charge < -0.3 is 25.8 Å². The quantitative estimate of drug-likeness (QED) is 0.434. The zero-order valence-corrected chi connectivity index (χ0v) is 14.3. The topological polar surface area (TPSA) is 98.0 Å². The lowest BCUT2D eigenvalue weighted by atomic mass is 10.1. The molecule has 128 valence electrons. The summed E-state index contributed by atoms with van der Waals surface area (Å²) in [4.78, 5) is 16.3. The van der Waals surface area contributed by atoms with Gasteiger partial charge in [-0.15, -0.1) is 0 Å². The summed E-state index contributed by atoms with van der Waals surface area (Å²) in [6.07, 6.45) is 2.47. The van der Waals surface area contributed by atoms with Crippen LogP contribution >= 0.6 is 0 Å². The number of nitrogens with one attached hydrogen (secondary N) is 2. The third-order valence-electron chi connectivity index (χ3n) is 3.52. The molecule has 0 fully saturated rings. The van der Waals surface area contributed by atoms with Gasteiger partial charge in [0.2, 0.25) is 0 Å². The summed E-state index contributed by atoms with van der Waals surface area (Å²) in [5.41, 5.74) is 7.49. The van der Waals surface area contributed by atoms with Crippen molar-refractivity contribution in [1.82, 2.24) is 5.32 Å². The third kappa shape index (κ3) is 3.19. The number of hydrogen-bond acceptors (Lipinski definition) is 5. The molecule has 1 aromatic rings. The van der Waals surface area contributed by atoms with E-state index in [1.165, 1.54) is 0 Å². The van der Waals surface area contributed by atoms with E-state index in [-0.39, 0.29) is 11.7 Å². The van der Waals surface area contributed by atoms with E-state index in [0.717, 1.165) is 0 Å². The summed E-state index contributed by atoms with van der Waals surface area (Å²) < 4.78 is 11.3. The Morgan fingerprint density at radius 1 is 1.50 bits per heavy atom. The number of nitrogens with zero attached hydrogens (tertiary/aromatic N) is 1. The summed E-state index contributed by atoms with van der Waals surface area (Å²) in [6, 6.07) is 5.40. The van der Waals surface area contributed by atoms with E-state index in [0.29, 0.717) is 40.6 Å². The molecule has 1 aliphatic rings. The minimum atomic E-state index is -0.247. The highest BCUT2D eigenvalue weighted by molar-refractivity contribution is 6.05. The molecule has 7 nitrogen and oxygen atoms in total. The van der Waals surface area contributed by atoms with Crippen LogP contribution in [0.25, 0.3) is 0 Å².